The lowest BCUT2D eigenvalue weighted by Gasteiger charge is -2.26. The summed E-state index contributed by atoms with van der Waals surface area (Å²) in [5.74, 6) is 1.04. The van der Waals surface area contributed by atoms with Gasteiger partial charge in [0.15, 0.2) is 0 Å². The molecule has 1 saturated carbocycles. The highest BCUT2D eigenvalue weighted by molar-refractivity contribution is 9.09. The van der Waals surface area contributed by atoms with E-state index in [9.17, 15) is 4.79 Å². The van der Waals surface area contributed by atoms with Crippen LogP contribution < -0.4 is 0 Å². The number of alkyl halides is 1. The summed E-state index contributed by atoms with van der Waals surface area (Å²) in [6, 6.07) is 0. The third-order valence-corrected chi connectivity index (χ3v) is 4.03. The molecule has 0 N–H and O–H groups in total. The van der Waals surface area contributed by atoms with Crippen molar-refractivity contribution in [3.05, 3.63) is 0 Å². The topological polar surface area (TPSA) is 20.3 Å². The summed E-state index contributed by atoms with van der Waals surface area (Å²) in [4.78, 5) is 14.3. The molecule has 0 spiro atoms. The van der Waals surface area contributed by atoms with Crippen molar-refractivity contribution in [2.75, 3.05) is 18.4 Å². The van der Waals surface area contributed by atoms with E-state index in [1.54, 1.807) is 0 Å². The minimum absolute atomic E-state index is 0.379. The highest BCUT2D eigenvalue weighted by atomic mass is 79.9. The van der Waals surface area contributed by atoms with E-state index in [1.807, 2.05) is 4.90 Å². The average Bonchev–Trinajstić information content (AvgIpc) is 2.35. The molecule has 0 unspecified atom stereocenters. The van der Waals surface area contributed by atoms with Gasteiger partial charge in [0.1, 0.15) is 0 Å². The summed E-state index contributed by atoms with van der Waals surface area (Å²) >= 11 is 3.44. The maximum absolute atomic E-state index is 12.2. The minimum atomic E-state index is 0.379. The van der Waals surface area contributed by atoms with Crippen LogP contribution in [0.25, 0.3) is 0 Å². The van der Waals surface area contributed by atoms with Gasteiger partial charge in [-0.2, -0.15) is 0 Å². The molecule has 0 aliphatic heterocycles. The first-order valence-electron chi connectivity index (χ1n) is 7.11. The Morgan fingerprint density at radius 2 is 1.94 bits per heavy atom. The fraction of sp³-hybridized carbons (Fsp3) is 0.929. The molecule has 0 bridgehead atoms. The maximum Gasteiger partial charge on any atom is 0.222 e. The third kappa shape index (κ3) is 5.89. The highest BCUT2D eigenvalue weighted by Crippen LogP contribution is 2.26. The van der Waals surface area contributed by atoms with Gasteiger partial charge in [-0.05, 0) is 25.2 Å². The van der Waals surface area contributed by atoms with Crippen LogP contribution >= 0.6 is 15.9 Å². The summed E-state index contributed by atoms with van der Waals surface area (Å²) in [6.07, 6.45) is 9.63. The number of hydrogen-bond donors (Lipinski definition) is 0. The Hall–Kier alpha value is -0.0500. The lowest BCUT2D eigenvalue weighted by molar-refractivity contribution is -0.132. The van der Waals surface area contributed by atoms with Crippen molar-refractivity contribution in [2.24, 2.45) is 5.92 Å². The Bertz CT molecular complexity index is 214. The largest absolute Gasteiger partial charge is 0.342 e. The van der Waals surface area contributed by atoms with Crippen LogP contribution in [0.15, 0.2) is 0 Å². The molecular weight excluding hydrogens is 278 g/mol. The van der Waals surface area contributed by atoms with Crippen LogP contribution in [0.1, 0.15) is 58.3 Å². The second kappa shape index (κ2) is 8.96. The minimum Gasteiger partial charge on any atom is -0.342 e. The third-order valence-electron chi connectivity index (χ3n) is 3.68. The predicted molar refractivity (Wildman–Crippen MR) is 76.5 cm³/mol. The lowest BCUT2D eigenvalue weighted by Crippen LogP contribution is -2.35. The van der Waals surface area contributed by atoms with E-state index in [0.29, 0.717) is 11.8 Å². The fourth-order valence-corrected chi connectivity index (χ4v) is 3.01. The Balaban J connectivity index is 2.34. The average molecular weight is 304 g/mol. The number of carbonyl (C=O) groups is 1. The first-order valence-corrected chi connectivity index (χ1v) is 8.23. The van der Waals surface area contributed by atoms with Crippen molar-refractivity contribution in [1.29, 1.82) is 0 Å². The molecule has 0 radical (unpaired) electrons. The number of nitrogens with zero attached hydrogens (tertiary/aromatic N) is 1. The van der Waals surface area contributed by atoms with Crippen LogP contribution in [0.2, 0.25) is 0 Å². The first kappa shape index (κ1) is 15.0. The van der Waals surface area contributed by atoms with E-state index in [2.05, 4.69) is 22.9 Å². The van der Waals surface area contributed by atoms with Gasteiger partial charge in [0, 0.05) is 24.8 Å². The smallest absolute Gasteiger partial charge is 0.222 e. The Morgan fingerprint density at radius 3 is 2.53 bits per heavy atom. The first-order chi connectivity index (χ1) is 8.27. The Morgan fingerprint density at radius 1 is 1.24 bits per heavy atom. The molecule has 1 rings (SSSR count). The Kier molecular flexibility index (Phi) is 7.91. The van der Waals surface area contributed by atoms with Gasteiger partial charge in [0.05, 0.1) is 0 Å². The van der Waals surface area contributed by atoms with Crippen LogP contribution in [0, 0.1) is 5.92 Å². The standard InChI is InChI=1S/C14H26BrNO/c1-2-3-10-16(11-9-15)14(17)12-13-7-5-4-6-8-13/h13H,2-12H2,1H3. The molecular formula is C14H26BrNO. The number of hydrogen-bond acceptors (Lipinski definition) is 1. The van der Waals surface area contributed by atoms with Gasteiger partial charge >= 0.3 is 0 Å². The normalized spacial score (nSPS) is 17.1. The zero-order valence-corrected chi connectivity index (χ0v) is 12.7. The van der Waals surface area contributed by atoms with Crippen molar-refractivity contribution in [2.45, 2.75) is 58.3 Å². The second-order valence-electron chi connectivity index (χ2n) is 5.13. The molecule has 2 nitrogen and oxygen atoms in total. The molecule has 0 aromatic heterocycles. The molecule has 100 valence electrons. The van der Waals surface area contributed by atoms with Gasteiger partial charge in [0.2, 0.25) is 5.91 Å². The van der Waals surface area contributed by atoms with Crippen molar-refractivity contribution in [1.82, 2.24) is 4.90 Å². The zero-order chi connectivity index (χ0) is 12.5. The van der Waals surface area contributed by atoms with Crippen LogP contribution in [-0.4, -0.2) is 29.2 Å². The molecule has 1 aliphatic rings. The van der Waals surface area contributed by atoms with Gasteiger partial charge in [-0.25, -0.2) is 0 Å². The van der Waals surface area contributed by atoms with Crippen LogP contribution in [0.3, 0.4) is 0 Å². The molecule has 0 saturated heterocycles. The van der Waals surface area contributed by atoms with Gasteiger partial charge in [-0.15, -0.1) is 0 Å². The van der Waals surface area contributed by atoms with E-state index in [4.69, 9.17) is 0 Å². The van der Waals surface area contributed by atoms with Crippen molar-refractivity contribution in [3.8, 4) is 0 Å². The summed E-state index contributed by atoms with van der Waals surface area (Å²) < 4.78 is 0. The molecule has 0 atom stereocenters. The quantitative estimate of drug-likeness (QED) is 0.651. The summed E-state index contributed by atoms with van der Waals surface area (Å²) in [6.45, 7) is 3.98. The second-order valence-corrected chi connectivity index (χ2v) is 5.92. The van der Waals surface area contributed by atoms with E-state index in [1.165, 1.54) is 32.1 Å². The SMILES string of the molecule is CCCCN(CCBr)C(=O)CC1CCCCC1. The predicted octanol–water partition coefficient (Wildman–Crippen LogP) is 3.98. The Labute approximate surface area is 114 Å². The van der Waals surface area contributed by atoms with E-state index in [-0.39, 0.29) is 0 Å². The molecule has 1 amide bonds. The van der Waals surface area contributed by atoms with Gasteiger partial charge in [-0.3, -0.25) is 4.79 Å². The molecule has 1 aliphatic carbocycles. The highest BCUT2D eigenvalue weighted by Gasteiger charge is 2.20. The zero-order valence-electron chi connectivity index (χ0n) is 11.1. The molecule has 1 fully saturated rings. The summed E-state index contributed by atoms with van der Waals surface area (Å²) in [5, 5.41) is 0.896. The van der Waals surface area contributed by atoms with E-state index in [0.717, 1.165) is 37.7 Å². The number of amides is 1. The van der Waals surface area contributed by atoms with Gasteiger partial charge in [-0.1, -0.05) is 48.5 Å². The maximum atomic E-state index is 12.2. The molecule has 17 heavy (non-hydrogen) atoms. The van der Waals surface area contributed by atoms with Gasteiger partial charge < -0.3 is 4.90 Å². The van der Waals surface area contributed by atoms with Crippen molar-refractivity contribution < 1.29 is 4.79 Å². The number of halogens is 1. The number of unbranched alkanes of at least 4 members (excludes halogenated alkanes) is 1. The number of carbonyl (C=O) groups excluding carboxylic acids is 1. The van der Waals surface area contributed by atoms with E-state index < -0.39 is 0 Å². The summed E-state index contributed by atoms with van der Waals surface area (Å²) in [5.41, 5.74) is 0. The molecule has 0 aromatic carbocycles. The van der Waals surface area contributed by atoms with Crippen LogP contribution in [-0.2, 0) is 4.79 Å². The molecule has 0 heterocycles. The molecule has 3 heteroatoms. The van der Waals surface area contributed by atoms with Crippen molar-refractivity contribution in [3.63, 3.8) is 0 Å². The summed E-state index contributed by atoms with van der Waals surface area (Å²) in [7, 11) is 0. The molecule has 0 aromatic rings. The number of rotatable bonds is 7. The van der Waals surface area contributed by atoms with Gasteiger partial charge in [0.25, 0.3) is 0 Å². The lowest BCUT2D eigenvalue weighted by atomic mass is 9.86. The van der Waals surface area contributed by atoms with Crippen LogP contribution in [0.4, 0.5) is 0 Å². The van der Waals surface area contributed by atoms with E-state index >= 15 is 0 Å². The fourth-order valence-electron chi connectivity index (χ4n) is 2.58. The monoisotopic (exact) mass is 303 g/mol. The van der Waals surface area contributed by atoms with Crippen molar-refractivity contribution >= 4 is 21.8 Å². The van der Waals surface area contributed by atoms with Crippen LogP contribution in [0.5, 0.6) is 0 Å².